The molecule has 3 nitrogen and oxygen atoms in total. The minimum Gasteiger partial charge on any atom is -0.326 e. The van der Waals surface area contributed by atoms with Crippen LogP contribution in [0, 0.1) is 13.8 Å². The number of hydrogen-bond acceptors (Lipinski definition) is 3. The quantitative estimate of drug-likeness (QED) is 0.880. The molecule has 1 aliphatic rings. The zero-order valence-electron chi connectivity index (χ0n) is 15.0. The number of benzene rings is 2. The summed E-state index contributed by atoms with van der Waals surface area (Å²) < 4.78 is 0. The van der Waals surface area contributed by atoms with Crippen molar-refractivity contribution in [3.05, 3.63) is 64.7 Å². The summed E-state index contributed by atoms with van der Waals surface area (Å²) in [6.45, 7) is 7.37. The first kappa shape index (κ1) is 18.0. The Labute approximate surface area is 154 Å². The molecule has 0 atom stereocenters. The highest BCUT2D eigenvalue weighted by Crippen LogP contribution is 2.17. The number of nitrogens with zero attached hydrogens (tertiary/aromatic N) is 1. The van der Waals surface area contributed by atoms with Crippen molar-refractivity contribution in [1.29, 1.82) is 0 Å². The largest absolute Gasteiger partial charge is 0.326 e. The SMILES string of the molecule is Cc1ccc(C)c(CC(=O)Nc2cccc(CN3CCSCC3)c2)c1. The van der Waals surface area contributed by atoms with Gasteiger partial charge in [-0.2, -0.15) is 11.8 Å². The lowest BCUT2D eigenvalue weighted by molar-refractivity contribution is -0.115. The maximum Gasteiger partial charge on any atom is 0.228 e. The Balaban J connectivity index is 1.61. The first-order valence-corrected chi connectivity index (χ1v) is 10.0. The van der Waals surface area contributed by atoms with E-state index in [4.69, 9.17) is 0 Å². The summed E-state index contributed by atoms with van der Waals surface area (Å²) in [5.74, 6) is 2.47. The zero-order chi connectivity index (χ0) is 17.6. The fourth-order valence-electron chi connectivity index (χ4n) is 3.13. The van der Waals surface area contributed by atoms with Gasteiger partial charge < -0.3 is 5.32 Å². The van der Waals surface area contributed by atoms with Crippen LogP contribution in [0.25, 0.3) is 0 Å². The number of anilines is 1. The molecule has 25 heavy (non-hydrogen) atoms. The third-order valence-electron chi connectivity index (χ3n) is 4.58. The summed E-state index contributed by atoms with van der Waals surface area (Å²) in [6, 6.07) is 14.5. The second kappa shape index (κ2) is 8.54. The number of rotatable bonds is 5. The average molecular weight is 355 g/mol. The van der Waals surface area contributed by atoms with Crippen LogP contribution in [0.2, 0.25) is 0 Å². The van der Waals surface area contributed by atoms with Gasteiger partial charge in [-0.3, -0.25) is 9.69 Å². The van der Waals surface area contributed by atoms with Crippen LogP contribution in [0.3, 0.4) is 0 Å². The van der Waals surface area contributed by atoms with Gasteiger partial charge in [-0.1, -0.05) is 35.9 Å². The van der Waals surface area contributed by atoms with Crippen molar-refractivity contribution < 1.29 is 4.79 Å². The Kier molecular flexibility index (Phi) is 6.16. The normalized spacial score (nSPS) is 15.1. The molecular weight excluding hydrogens is 328 g/mol. The van der Waals surface area contributed by atoms with Gasteiger partial charge in [0.2, 0.25) is 5.91 Å². The molecule has 1 heterocycles. The van der Waals surface area contributed by atoms with Crippen LogP contribution in [-0.4, -0.2) is 35.4 Å². The third kappa shape index (κ3) is 5.35. The third-order valence-corrected chi connectivity index (χ3v) is 5.52. The summed E-state index contributed by atoms with van der Waals surface area (Å²) in [6.07, 6.45) is 0.418. The van der Waals surface area contributed by atoms with Crippen molar-refractivity contribution in [2.75, 3.05) is 29.9 Å². The number of nitrogens with one attached hydrogen (secondary N) is 1. The van der Waals surface area contributed by atoms with Crippen LogP contribution in [-0.2, 0) is 17.8 Å². The van der Waals surface area contributed by atoms with E-state index in [0.717, 1.165) is 36.4 Å². The second-order valence-electron chi connectivity index (χ2n) is 6.74. The summed E-state index contributed by atoms with van der Waals surface area (Å²) in [5, 5.41) is 3.05. The summed E-state index contributed by atoms with van der Waals surface area (Å²) >= 11 is 2.03. The van der Waals surface area contributed by atoms with Crippen molar-refractivity contribution in [3.8, 4) is 0 Å². The second-order valence-corrected chi connectivity index (χ2v) is 7.97. The van der Waals surface area contributed by atoms with E-state index >= 15 is 0 Å². The molecule has 0 unspecified atom stereocenters. The first-order valence-electron chi connectivity index (χ1n) is 8.85. The lowest BCUT2D eigenvalue weighted by atomic mass is 10.0. The van der Waals surface area contributed by atoms with E-state index in [2.05, 4.69) is 54.4 Å². The van der Waals surface area contributed by atoms with E-state index in [-0.39, 0.29) is 5.91 Å². The van der Waals surface area contributed by atoms with Crippen molar-refractivity contribution in [1.82, 2.24) is 4.90 Å². The molecule has 4 heteroatoms. The molecule has 1 amide bonds. The minimum absolute atomic E-state index is 0.0419. The van der Waals surface area contributed by atoms with Gasteiger partial charge >= 0.3 is 0 Å². The zero-order valence-corrected chi connectivity index (χ0v) is 15.9. The van der Waals surface area contributed by atoms with Crippen LogP contribution in [0.5, 0.6) is 0 Å². The molecule has 1 aliphatic heterocycles. The highest BCUT2D eigenvalue weighted by atomic mass is 32.2. The molecule has 1 N–H and O–H groups in total. The van der Waals surface area contributed by atoms with Gasteiger partial charge in [-0.25, -0.2) is 0 Å². The molecule has 0 radical (unpaired) electrons. The molecule has 2 aromatic carbocycles. The smallest absolute Gasteiger partial charge is 0.228 e. The predicted molar refractivity (Wildman–Crippen MR) is 107 cm³/mol. The van der Waals surface area contributed by atoms with E-state index in [9.17, 15) is 4.79 Å². The predicted octanol–water partition coefficient (Wildman–Crippen LogP) is 4.03. The molecule has 3 rings (SSSR count). The Morgan fingerprint density at radius 2 is 1.92 bits per heavy atom. The van der Waals surface area contributed by atoms with Crippen molar-refractivity contribution in [3.63, 3.8) is 0 Å². The first-order chi connectivity index (χ1) is 12.1. The maximum atomic E-state index is 12.4. The molecule has 0 aliphatic carbocycles. The van der Waals surface area contributed by atoms with Gasteiger partial charge in [0, 0.05) is 36.8 Å². The lowest BCUT2D eigenvalue weighted by Crippen LogP contribution is -2.31. The van der Waals surface area contributed by atoms with Gasteiger partial charge in [0.25, 0.3) is 0 Å². The van der Waals surface area contributed by atoms with Gasteiger partial charge in [-0.15, -0.1) is 0 Å². The van der Waals surface area contributed by atoms with Crippen LogP contribution in [0.1, 0.15) is 22.3 Å². The molecule has 0 aromatic heterocycles. The standard InChI is InChI=1S/C21H26N2OS/c1-16-6-7-17(2)19(12-16)14-21(24)22-20-5-3-4-18(13-20)15-23-8-10-25-11-9-23/h3-7,12-13H,8-11,14-15H2,1-2H3,(H,22,24). The highest BCUT2D eigenvalue weighted by molar-refractivity contribution is 7.99. The number of aryl methyl sites for hydroxylation is 2. The van der Waals surface area contributed by atoms with Gasteiger partial charge in [0.1, 0.15) is 0 Å². The number of thioether (sulfide) groups is 1. The summed E-state index contributed by atoms with van der Waals surface area (Å²) in [5.41, 5.74) is 5.60. The van der Waals surface area contributed by atoms with Gasteiger partial charge in [-0.05, 0) is 42.7 Å². The molecule has 2 aromatic rings. The van der Waals surface area contributed by atoms with Crippen molar-refractivity contribution in [2.24, 2.45) is 0 Å². The van der Waals surface area contributed by atoms with Crippen LogP contribution < -0.4 is 5.32 Å². The van der Waals surface area contributed by atoms with E-state index in [0.29, 0.717) is 6.42 Å². The fraction of sp³-hybridized carbons (Fsp3) is 0.381. The molecule has 0 bridgehead atoms. The van der Waals surface area contributed by atoms with Gasteiger partial charge in [0.05, 0.1) is 6.42 Å². The lowest BCUT2D eigenvalue weighted by Gasteiger charge is -2.26. The summed E-state index contributed by atoms with van der Waals surface area (Å²) in [7, 11) is 0. The highest BCUT2D eigenvalue weighted by Gasteiger charge is 2.11. The molecular formula is C21H26N2OS. The van der Waals surface area contributed by atoms with E-state index < -0.39 is 0 Å². The Morgan fingerprint density at radius 1 is 1.12 bits per heavy atom. The Bertz CT molecular complexity index is 738. The molecule has 0 spiro atoms. The van der Waals surface area contributed by atoms with E-state index in [1.807, 2.05) is 23.9 Å². The number of carbonyl (C=O) groups is 1. The van der Waals surface area contributed by atoms with Gasteiger partial charge in [0.15, 0.2) is 0 Å². The Morgan fingerprint density at radius 3 is 2.72 bits per heavy atom. The molecule has 132 valence electrons. The number of carbonyl (C=O) groups excluding carboxylic acids is 1. The molecule has 1 fully saturated rings. The van der Waals surface area contributed by atoms with Crippen molar-refractivity contribution >= 4 is 23.4 Å². The Hall–Kier alpha value is -1.78. The van der Waals surface area contributed by atoms with Crippen molar-refractivity contribution in [2.45, 2.75) is 26.8 Å². The van der Waals surface area contributed by atoms with E-state index in [1.54, 1.807) is 0 Å². The van der Waals surface area contributed by atoms with Crippen LogP contribution in [0.4, 0.5) is 5.69 Å². The summed E-state index contributed by atoms with van der Waals surface area (Å²) in [4.78, 5) is 14.9. The molecule has 0 saturated carbocycles. The average Bonchev–Trinajstić information content (AvgIpc) is 2.59. The number of amides is 1. The van der Waals surface area contributed by atoms with Crippen LogP contribution >= 0.6 is 11.8 Å². The van der Waals surface area contributed by atoms with Crippen LogP contribution in [0.15, 0.2) is 42.5 Å². The minimum atomic E-state index is 0.0419. The fourth-order valence-corrected chi connectivity index (χ4v) is 4.11. The van der Waals surface area contributed by atoms with E-state index in [1.165, 1.54) is 22.6 Å². The molecule has 1 saturated heterocycles. The maximum absolute atomic E-state index is 12.4. The number of hydrogen-bond donors (Lipinski definition) is 1. The topological polar surface area (TPSA) is 32.3 Å². The monoisotopic (exact) mass is 354 g/mol.